The highest BCUT2D eigenvalue weighted by atomic mass is 31.2. The highest BCUT2D eigenvalue weighted by Crippen LogP contribution is 2.46. The van der Waals surface area contributed by atoms with E-state index in [0.717, 1.165) is 5.30 Å². The Kier molecular flexibility index (Phi) is 5.96. The van der Waals surface area contributed by atoms with Gasteiger partial charge in [0.05, 0.1) is 13.2 Å². The van der Waals surface area contributed by atoms with Crippen molar-refractivity contribution in [1.29, 1.82) is 0 Å². The van der Waals surface area contributed by atoms with Gasteiger partial charge in [-0.1, -0.05) is 44.6 Å². The lowest BCUT2D eigenvalue weighted by atomic mass is 10.6. The van der Waals surface area contributed by atoms with Gasteiger partial charge in [0.1, 0.15) is 0 Å². The number of hydrogen-bond acceptors (Lipinski definition) is 3. The predicted molar refractivity (Wildman–Crippen MR) is 98.5 cm³/mol. The van der Waals surface area contributed by atoms with Crippen LogP contribution in [-0.2, 0) is 13.6 Å². The Morgan fingerprint density at radius 1 is 1.05 bits per heavy atom. The molecule has 122 valence electrons. The lowest BCUT2D eigenvalue weighted by Gasteiger charge is -2.33. The molecule has 0 aliphatic heterocycles. The van der Waals surface area contributed by atoms with Crippen LogP contribution >= 0.6 is 7.60 Å². The zero-order valence-corrected chi connectivity index (χ0v) is 17.6. The third kappa shape index (κ3) is 4.23. The lowest BCUT2D eigenvalue weighted by Crippen LogP contribution is -2.54. The summed E-state index contributed by atoms with van der Waals surface area (Å²) in [5, 5.41) is 3.35. The smallest absolute Gasteiger partial charge is 0.307 e. The predicted octanol–water partition coefficient (Wildman–Crippen LogP) is 3.39. The minimum absolute atomic E-state index is 0.402. The monoisotopic (exact) mass is 345 g/mol. The van der Waals surface area contributed by atoms with Crippen LogP contribution in [-0.4, -0.2) is 29.4 Å². The van der Waals surface area contributed by atoms with Gasteiger partial charge in [-0.15, -0.1) is 5.19 Å². The summed E-state index contributed by atoms with van der Waals surface area (Å²) in [6.07, 6.45) is 0. The molecule has 0 N–H and O–H groups in total. The summed E-state index contributed by atoms with van der Waals surface area (Å²) in [7, 11) is -6.45. The normalized spacial score (nSPS) is 13.7. The van der Waals surface area contributed by atoms with E-state index >= 15 is 0 Å². The van der Waals surface area contributed by atoms with Crippen molar-refractivity contribution in [3.05, 3.63) is 12.1 Å². The van der Waals surface area contributed by atoms with Crippen LogP contribution in [0, 0.1) is 0 Å². The van der Waals surface area contributed by atoms with E-state index in [1.165, 1.54) is 10.4 Å². The van der Waals surface area contributed by atoms with E-state index in [0.29, 0.717) is 13.2 Å². The average Bonchev–Trinajstić information content (AvgIpc) is 2.73. The van der Waals surface area contributed by atoms with Gasteiger partial charge in [-0.3, -0.25) is 4.57 Å². The van der Waals surface area contributed by atoms with Crippen LogP contribution in [0.15, 0.2) is 12.1 Å². The van der Waals surface area contributed by atoms with Crippen molar-refractivity contribution in [2.24, 2.45) is 0 Å². The molecule has 0 heterocycles. The zero-order valence-electron chi connectivity index (χ0n) is 14.7. The molecule has 1 aromatic rings. The molecule has 6 heteroatoms. The fourth-order valence-corrected chi connectivity index (χ4v) is 10.0. The van der Waals surface area contributed by atoms with Gasteiger partial charge in [-0.2, -0.15) is 11.3 Å². The van der Waals surface area contributed by atoms with Crippen molar-refractivity contribution in [1.82, 2.24) is 0 Å². The highest BCUT2D eigenvalue weighted by molar-refractivity contribution is 7.63. The second-order valence-electron chi connectivity index (χ2n) is 7.34. The molecule has 0 saturated heterocycles. The van der Waals surface area contributed by atoms with Crippen molar-refractivity contribution in [3.63, 3.8) is 0 Å². The third-order valence-corrected chi connectivity index (χ3v) is 10.1. The molecule has 0 radical (unpaired) electrons. The Labute approximate surface area is 132 Å². The first-order valence-corrected chi connectivity index (χ1v) is 16.2. The second kappa shape index (κ2) is 6.59. The summed E-state index contributed by atoms with van der Waals surface area (Å²) in [6, 6.07) is 4.33. The molecule has 0 unspecified atom stereocenters. The van der Waals surface area contributed by atoms with Gasteiger partial charge < -0.3 is 9.05 Å². The van der Waals surface area contributed by atoms with Crippen LogP contribution in [0.4, 0.5) is 0 Å². The van der Waals surface area contributed by atoms with Crippen molar-refractivity contribution in [3.8, 4) is 0 Å². The van der Waals surface area contributed by atoms with Crippen molar-refractivity contribution in [2.45, 2.75) is 53.1 Å². The van der Waals surface area contributed by atoms with Gasteiger partial charge >= 0.3 is 7.60 Å². The van der Waals surface area contributed by atoms with Crippen LogP contribution in [0.1, 0.15) is 13.8 Å². The van der Waals surface area contributed by atoms with Crippen LogP contribution in [0.25, 0.3) is 0 Å². The molecule has 21 heavy (non-hydrogen) atoms. The van der Waals surface area contributed by atoms with Gasteiger partial charge in [0, 0.05) is 16.1 Å². The van der Waals surface area contributed by atoms with Gasteiger partial charge in [0.2, 0.25) is 0 Å². The average molecular weight is 346 g/mol. The Morgan fingerprint density at radius 2 is 1.52 bits per heavy atom. The van der Waals surface area contributed by atoms with E-state index in [-0.39, 0.29) is 0 Å². The summed E-state index contributed by atoms with van der Waals surface area (Å²) in [4.78, 5) is 0. The maximum absolute atomic E-state index is 13.4. The Balaban J connectivity index is 3.62. The molecule has 0 atom stereocenters. The highest BCUT2D eigenvalue weighted by Gasteiger charge is 2.33. The van der Waals surface area contributed by atoms with Gasteiger partial charge in [-0.25, -0.2) is 6.07 Å². The van der Waals surface area contributed by atoms with Crippen molar-refractivity contribution < 1.29 is 13.6 Å². The molecule has 0 fully saturated rings. The fourth-order valence-electron chi connectivity index (χ4n) is 2.48. The van der Waals surface area contributed by atoms with Gasteiger partial charge in [0.25, 0.3) is 0 Å². The van der Waals surface area contributed by atoms with Crippen LogP contribution in [0.3, 0.4) is 0 Å². The first-order chi connectivity index (χ1) is 9.47. The van der Waals surface area contributed by atoms with Crippen LogP contribution in [0.2, 0.25) is 39.3 Å². The van der Waals surface area contributed by atoms with Gasteiger partial charge in [-0.05, 0) is 13.8 Å². The molecule has 0 amide bonds. The molecule has 0 bridgehead atoms. The molecule has 0 saturated carbocycles. The number of hydrogen-bond donors (Lipinski definition) is 0. The first kappa shape index (κ1) is 19.0. The first-order valence-electron chi connectivity index (χ1n) is 7.67. The second-order valence-corrected chi connectivity index (χ2v) is 19.4. The summed E-state index contributed by atoms with van der Waals surface area (Å²) < 4.78 is 24.7. The van der Waals surface area contributed by atoms with E-state index < -0.39 is 23.7 Å². The number of rotatable bonds is 7. The van der Waals surface area contributed by atoms with E-state index in [1.807, 2.05) is 13.8 Å². The summed E-state index contributed by atoms with van der Waals surface area (Å²) >= 11 is 0. The quantitative estimate of drug-likeness (QED) is 0.432. The van der Waals surface area contributed by atoms with Crippen LogP contribution < -0.4 is 15.7 Å². The summed E-state index contributed by atoms with van der Waals surface area (Å²) in [5.74, 6) is 0. The summed E-state index contributed by atoms with van der Waals surface area (Å²) in [5.41, 5.74) is 0. The molecule has 3 nitrogen and oxygen atoms in total. The van der Waals surface area contributed by atoms with E-state index in [9.17, 15) is 4.57 Å². The minimum atomic E-state index is -3.22. The molecule has 0 spiro atoms. The Morgan fingerprint density at radius 3 is 1.86 bits per heavy atom. The molecule has 1 rings (SSSR count). The molecular formula is C15H30O3PSi2-. The SMILES string of the molecule is CCOP(=O)(OCC)c1c([Si](C)(C)C)cc[c-]1[Si](C)(C)C. The van der Waals surface area contributed by atoms with E-state index in [1.54, 1.807) is 0 Å². The van der Waals surface area contributed by atoms with E-state index in [4.69, 9.17) is 9.05 Å². The van der Waals surface area contributed by atoms with Gasteiger partial charge in [0.15, 0.2) is 0 Å². The Hall–Kier alpha value is -0.0662. The Bertz CT molecular complexity index is 483. The maximum Gasteiger partial charge on any atom is 0.336 e. The molecular weight excluding hydrogens is 315 g/mol. The fraction of sp³-hybridized carbons (Fsp3) is 0.667. The largest absolute Gasteiger partial charge is 0.336 e. The maximum atomic E-state index is 13.4. The van der Waals surface area contributed by atoms with Crippen molar-refractivity contribution in [2.75, 3.05) is 13.2 Å². The van der Waals surface area contributed by atoms with E-state index in [2.05, 4.69) is 51.4 Å². The molecule has 0 aliphatic rings. The lowest BCUT2D eigenvalue weighted by molar-refractivity contribution is 0.230. The van der Waals surface area contributed by atoms with Crippen LogP contribution in [0.5, 0.6) is 0 Å². The molecule has 0 aliphatic carbocycles. The standard InChI is InChI=1S/C15H30O3PSi2/c1-9-17-19(16,18-10-2)15-13(20(3,4)5)11-12-14(15)21(6,7)8/h11-12H,9-10H2,1-8H3/q-1. The molecule has 0 aromatic heterocycles. The topological polar surface area (TPSA) is 35.5 Å². The molecule has 1 aromatic carbocycles. The van der Waals surface area contributed by atoms with Crippen molar-refractivity contribution >= 4 is 39.4 Å². The minimum Gasteiger partial charge on any atom is -0.307 e. The third-order valence-electron chi connectivity index (χ3n) is 3.41. The zero-order chi connectivity index (χ0) is 16.5. The summed E-state index contributed by atoms with van der Waals surface area (Å²) in [6.45, 7) is 18.2.